The number of ketones is 1. The van der Waals surface area contributed by atoms with Gasteiger partial charge < -0.3 is 9.88 Å². The van der Waals surface area contributed by atoms with Gasteiger partial charge in [-0.25, -0.2) is 4.79 Å². The number of aromatic nitrogens is 1. The molecule has 32 heavy (non-hydrogen) atoms. The van der Waals surface area contributed by atoms with Crippen LogP contribution in [0, 0.1) is 20.8 Å². The zero-order valence-electron chi connectivity index (χ0n) is 18.4. The Morgan fingerprint density at radius 1 is 1.12 bits per heavy atom. The highest BCUT2D eigenvalue weighted by Gasteiger charge is 2.54. The van der Waals surface area contributed by atoms with Crippen LogP contribution in [0.3, 0.4) is 0 Å². The first-order chi connectivity index (χ1) is 15.3. The van der Waals surface area contributed by atoms with Crippen LogP contribution in [0.5, 0.6) is 0 Å². The molecule has 2 aromatic heterocycles. The van der Waals surface area contributed by atoms with E-state index in [0.717, 1.165) is 50.8 Å². The molecule has 0 bridgehead atoms. The molecule has 1 aliphatic heterocycles. The molecule has 1 aliphatic carbocycles. The molecular weight excluding hydrogens is 422 g/mol. The van der Waals surface area contributed by atoms with Gasteiger partial charge in [-0.05, 0) is 69.7 Å². The fourth-order valence-electron chi connectivity index (χ4n) is 5.05. The standard InChI is InChI=1S/C25H25N3O3S/c1-15-6-8-18(9-7-15)28-16(2)13-19(17(28)3)21(29)14-27-23(30)25(26-24(27)31)11-4-5-22-20(25)10-12-32-22/h6-10,12-13H,4-5,11,14H2,1-3H3,(H,26,31)/t25-/m1/s1. The Balaban J connectivity index is 1.43. The first-order valence-electron chi connectivity index (χ1n) is 10.8. The lowest BCUT2D eigenvalue weighted by molar-refractivity contribution is -0.131. The molecule has 5 rings (SSSR count). The SMILES string of the molecule is Cc1ccc(-n2c(C)cc(C(=O)CN3C(=O)N[C@@]4(CCCc5sccc54)C3=O)c2C)cc1. The van der Waals surface area contributed by atoms with Gasteiger partial charge in [0.2, 0.25) is 0 Å². The van der Waals surface area contributed by atoms with Crippen molar-refractivity contribution in [3.63, 3.8) is 0 Å². The van der Waals surface area contributed by atoms with Crippen LogP contribution in [0.25, 0.3) is 5.69 Å². The molecule has 1 aromatic carbocycles. The van der Waals surface area contributed by atoms with Crippen LogP contribution in [0.1, 0.15) is 50.6 Å². The lowest BCUT2D eigenvalue weighted by atomic mass is 9.80. The topological polar surface area (TPSA) is 71.4 Å². The highest BCUT2D eigenvalue weighted by atomic mass is 32.1. The number of benzene rings is 1. The third kappa shape index (κ3) is 3.03. The van der Waals surface area contributed by atoms with Crippen LogP contribution in [0.15, 0.2) is 41.8 Å². The third-order valence-corrected chi connectivity index (χ3v) is 7.64. The maximum atomic E-state index is 13.4. The summed E-state index contributed by atoms with van der Waals surface area (Å²) in [7, 11) is 0. The Morgan fingerprint density at radius 2 is 1.88 bits per heavy atom. The van der Waals surface area contributed by atoms with Gasteiger partial charge in [0.15, 0.2) is 5.78 Å². The van der Waals surface area contributed by atoms with Gasteiger partial charge in [0.05, 0.1) is 6.54 Å². The van der Waals surface area contributed by atoms with Gasteiger partial charge in [-0.15, -0.1) is 11.3 Å². The molecule has 3 aromatic rings. The van der Waals surface area contributed by atoms with Crippen molar-refractivity contribution in [3.05, 3.63) is 74.7 Å². The number of thiophene rings is 1. The Kier molecular flexibility index (Phi) is 4.82. The summed E-state index contributed by atoms with van der Waals surface area (Å²) in [6, 6.07) is 11.4. The van der Waals surface area contributed by atoms with E-state index in [2.05, 4.69) is 5.32 Å². The van der Waals surface area contributed by atoms with Crippen molar-refractivity contribution in [1.29, 1.82) is 0 Å². The molecule has 3 heterocycles. The van der Waals surface area contributed by atoms with Crippen molar-refractivity contribution in [2.75, 3.05) is 6.54 Å². The molecule has 164 valence electrons. The molecule has 2 aliphatic rings. The average molecular weight is 448 g/mol. The summed E-state index contributed by atoms with van der Waals surface area (Å²) >= 11 is 1.61. The summed E-state index contributed by atoms with van der Waals surface area (Å²) in [6.45, 7) is 5.62. The van der Waals surface area contributed by atoms with Crippen LogP contribution in [-0.2, 0) is 16.8 Å². The maximum absolute atomic E-state index is 13.4. The molecule has 0 unspecified atom stereocenters. The summed E-state index contributed by atoms with van der Waals surface area (Å²) in [4.78, 5) is 41.7. The van der Waals surface area contributed by atoms with E-state index in [9.17, 15) is 14.4 Å². The number of imide groups is 1. The van der Waals surface area contributed by atoms with E-state index in [1.165, 1.54) is 0 Å². The molecule has 1 spiro atoms. The maximum Gasteiger partial charge on any atom is 0.325 e. The fraction of sp³-hybridized carbons (Fsp3) is 0.320. The van der Waals surface area contributed by atoms with Gasteiger partial charge in [0.25, 0.3) is 5.91 Å². The number of urea groups is 1. The number of fused-ring (bicyclic) bond motifs is 2. The monoisotopic (exact) mass is 447 g/mol. The summed E-state index contributed by atoms with van der Waals surface area (Å²) in [5.41, 5.74) is 4.27. The quantitative estimate of drug-likeness (QED) is 0.475. The molecule has 7 heteroatoms. The zero-order chi connectivity index (χ0) is 22.6. The number of nitrogens with one attached hydrogen (secondary N) is 1. The van der Waals surface area contributed by atoms with Gasteiger partial charge in [-0.1, -0.05) is 17.7 Å². The Bertz CT molecular complexity index is 1250. The number of rotatable bonds is 4. The molecule has 3 amide bonds. The number of Topliss-reactive ketones (excluding diaryl/α,β-unsaturated/α-hetero) is 1. The van der Waals surface area contributed by atoms with E-state index in [4.69, 9.17) is 0 Å². The molecular formula is C25H25N3O3S. The minimum absolute atomic E-state index is 0.238. The van der Waals surface area contributed by atoms with Crippen molar-refractivity contribution in [1.82, 2.24) is 14.8 Å². The van der Waals surface area contributed by atoms with Crippen LogP contribution in [-0.4, -0.2) is 33.7 Å². The minimum Gasteiger partial charge on any atom is -0.319 e. The van der Waals surface area contributed by atoms with Crippen LogP contribution < -0.4 is 5.32 Å². The largest absolute Gasteiger partial charge is 0.325 e. The van der Waals surface area contributed by atoms with Gasteiger partial charge >= 0.3 is 6.03 Å². The van der Waals surface area contributed by atoms with Gasteiger partial charge in [0, 0.05) is 33.1 Å². The molecule has 6 nitrogen and oxygen atoms in total. The summed E-state index contributed by atoms with van der Waals surface area (Å²) < 4.78 is 2.03. The highest BCUT2D eigenvalue weighted by Crippen LogP contribution is 2.42. The predicted molar refractivity (Wildman–Crippen MR) is 123 cm³/mol. The van der Waals surface area contributed by atoms with E-state index < -0.39 is 11.6 Å². The Labute approximate surface area is 190 Å². The second-order valence-corrected chi connectivity index (χ2v) is 9.72. The van der Waals surface area contributed by atoms with E-state index in [-0.39, 0.29) is 18.2 Å². The average Bonchev–Trinajstić information content (AvgIpc) is 3.42. The highest BCUT2D eigenvalue weighted by molar-refractivity contribution is 7.10. The number of amides is 3. The van der Waals surface area contributed by atoms with Gasteiger partial charge in [-0.2, -0.15) is 0 Å². The number of hydrogen-bond acceptors (Lipinski definition) is 4. The molecule has 1 fully saturated rings. The normalized spacial score (nSPS) is 20.0. The number of carbonyl (C=O) groups is 3. The van der Waals surface area contributed by atoms with Crippen molar-refractivity contribution in [3.8, 4) is 5.69 Å². The van der Waals surface area contributed by atoms with Crippen LogP contribution in [0.4, 0.5) is 4.79 Å². The molecule has 1 atom stereocenters. The first-order valence-corrected chi connectivity index (χ1v) is 11.7. The van der Waals surface area contributed by atoms with Gasteiger partial charge in [-0.3, -0.25) is 14.5 Å². The summed E-state index contributed by atoms with van der Waals surface area (Å²) in [5, 5.41) is 4.88. The summed E-state index contributed by atoms with van der Waals surface area (Å²) in [6.07, 6.45) is 2.31. The second kappa shape index (κ2) is 7.45. The lowest BCUT2D eigenvalue weighted by Crippen LogP contribution is -2.46. The van der Waals surface area contributed by atoms with Crippen molar-refractivity contribution >= 4 is 29.1 Å². The third-order valence-electron chi connectivity index (χ3n) is 6.66. The number of hydrogen-bond donors (Lipinski definition) is 1. The Morgan fingerprint density at radius 3 is 2.62 bits per heavy atom. The summed E-state index contributed by atoms with van der Waals surface area (Å²) in [5.74, 6) is -0.555. The number of nitrogens with zero attached hydrogens (tertiary/aromatic N) is 2. The molecule has 1 saturated heterocycles. The first kappa shape index (κ1) is 20.7. The van der Waals surface area contributed by atoms with Gasteiger partial charge in [0.1, 0.15) is 5.54 Å². The van der Waals surface area contributed by atoms with Crippen LogP contribution in [0.2, 0.25) is 0 Å². The van der Waals surface area contributed by atoms with Crippen molar-refractivity contribution < 1.29 is 14.4 Å². The van der Waals surface area contributed by atoms with E-state index in [1.807, 2.05) is 67.1 Å². The second-order valence-electron chi connectivity index (χ2n) is 8.72. The number of aryl methyl sites for hydroxylation is 3. The number of carbonyl (C=O) groups excluding carboxylic acids is 3. The van der Waals surface area contributed by atoms with E-state index >= 15 is 0 Å². The van der Waals surface area contributed by atoms with Crippen LogP contribution >= 0.6 is 11.3 Å². The van der Waals surface area contributed by atoms with E-state index in [1.54, 1.807) is 11.3 Å². The zero-order valence-corrected chi connectivity index (χ0v) is 19.2. The van der Waals surface area contributed by atoms with Crippen molar-refractivity contribution in [2.24, 2.45) is 0 Å². The Hall–Kier alpha value is -3.19. The van der Waals surface area contributed by atoms with E-state index in [0.29, 0.717) is 12.0 Å². The lowest BCUT2D eigenvalue weighted by Gasteiger charge is -2.31. The molecule has 0 saturated carbocycles. The molecule has 0 radical (unpaired) electrons. The minimum atomic E-state index is -1.02. The predicted octanol–water partition coefficient (Wildman–Crippen LogP) is 4.43. The fourth-order valence-corrected chi connectivity index (χ4v) is 6.05. The molecule has 1 N–H and O–H groups in total. The smallest absolute Gasteiger partial charge is 0.319 e. The van der Waals surface area contributed by atoms with Crippen molar-refractivity contribution in [2.45, 2.75) is 45.6 Å².